The van der Waals surface area contributed by atoms with Crippen molar-refractivity contribution in [3.05, 3.63) is 60.9 Å². The van der Waals surface area contributed by atoms with Gasteiger partial charge in [-0.05, 0) is 36.1 Å². The van der Waals surface area contributed by atoms with Crippen molar-refractivity contribution in [3.8, 4) is 22.4 Å². The summed E-state index contributed by atoms with van der Waals surface area (Å²) in [6.07, 6.45) is 2.55. The summed E-state index contributed by atoms with van der Waals surface area (Å²) < 4.78 is 33.3. The number of aromatic amines is 1. The molecule has 37 heavy (non-hydrogen) atoms. The van der Waals surface area contributed by atoms with Crippen molar-refractivity contribution < 1.29 is 23.4 Å². The molecule has 2 atom stereocenters. The minimum absolute atomic E-state index is 0.0532. The minimum Gasteiger partial charge on any atom is -0.394 e. The number of anilines is 1. The quantitative estimate of drug-likeness (QED) is 0.213. The van der Waals surface area contributed by atoms with Crippen LogP contribution in [0.5, 0.6) is 0 Å². The molecule has 0 spiro atoms. The number of benzene rings is 2. The maximum absolute atomic E-state index is 12.6. The van der Waals surface area contributed by atoms with Gasteiger partial charge >= 0.3 is 0 Å². The van der Waals surface area contributed by atoms with Gasteiger partial charge in [-0.2, -0.15) is 0 Å². The van der Waals surface area contributed by atoms with Gasteiger partial charge in [-0.15, -0.1) is 0 Å². The summed E-state index contributed by atoms with van der Waals surface area (Å²) in [6.45, 7) is 0.613. The van der Waals surface area contributed by atoms with Crippen LogP contribution in [0.15, 0.2) is 65.8 Å². The van der Waals surface area contributed by atoms with Gasteiger partial charge in [-0.1, -0.05) is 42.5 Å². The third-order valence-corrected chi connectivity index (χ3v) is 7.79. The average Bonchev–Trinajstić information content (AvgIpc) is 3.59. The molecule has 1 saturated heterocycles. The van der Waals surface area contributed by atoms with E-state index in [4.69, 9.17) is 9.84 Å². The minimum atomic E-state index is -3.85. The molecule has 10 nitrogen and oxygen atoms in total. The molecule has 4 aromatic rings. The van der Waals surface area contributed by atoms with Gasteiger partial charge in [0, 0.05) is 25.3 Å². The molecule has 5 rings (SSSR count). The number of fused-ring (bicyclic) bond motifs is 1. The van der Waals surface area contributed by atoms with Crippen LogP contribution in [-0.4, -0.2) is 72.1 Å². The molecule has 0 radical (unpaired) electrons. The van der Waals surface area contributed by atoms with E-state index in [9.17, 15) is 13.5 Å². The number of hydrogen-bond donors (Lipinski definition) is 5. The zero-order valence-electron chi connectivity index (χ0n) is 20.1. The first-order valence-electron chi connectivity index (χ1n) is 12.1. The van der Waals surface area contributed by atoms with E-state index in [1.807, 2.05) is 30.3 Å². The summed E-state index contributed by atoms with van der Waals surface area (Å²) in [5, 5.41) is 22.7. The van der Waals surface area contributed by atoms with Crippen LogP contribution in [-0.2, 0) is 14.8 Å². The lowest BCUT2D eigenvalue weighted by molar-refractivity contribution is 0.0988. The van der Waals surface area contributed by atoms with E-state index in [1.54, 1.807) is 12.1 Å². The van der Waals surface area contributed by atoms with Crippen LogP contribution in [0.3, 0.4) is 0 Å². The van der Waals surface area contributed by atoms with Crippen LogP contribution >= 0.6 is 0 Å². The number of hydrogen-bond acceptors (Lipinski definition) is 8. The maximum Gasteiger partial charge on any atom is 0.240 e. The second kappa shape index (κ2) is 11.0. The van der Waals surface area contributed by atoms with Crippen molar-refractivity contribution in [2.24, 2.45) is 0 Å². The Balaban J connectivity index is 1.53. The zero-order valence-corrected chi connectivity index (χ0v) is 20.9. The van der Waals surface area contributed by atoms with Crippen LogP contribution < -0.4 is 10.0 Å². The molecule has 11 heteroatoms. The Morgan fingerprint density at radius 1 is 1.08 bits per heavy atom. The van der Waals surface area contributed by atoms with Crippen LogP contribution in [0.25, 0.3) is 33.4 Å². The van der Waals surface area contributed by atoms with Crippen molar-refractivity contribution in [3.63, 3.8) is 0 Å². The lowest BCUT2D eigenvalue weighted by atomic mass is 9.99. The third-order valence-electron chi connectivity index (χ3n) is 6.35. The highest BCUT2D eigenvalue weighted by molar-refractivity contribution is 7.89. The first kappa shape index (κ1) is 25.3. The Hall–Kier alpha value is -3.35. The van der Waals surface area contributed by atoms with Crippen LogP contribution in [0.4, 0.5) is 5.82 Å². The van der Waals surface area contributed by atoms with E-state index in [0.717, 1.165) is 47.2 Å². The molecule has 1 aliphatic rings. The normalized spacial score (nSPS) is 16.8. The van der Waals surface area contributed by atoms with E-state index >= 15 is 0 Å². The van der Waals surface area contributed by atoms with Gasteiger partial charge in [-0.3, -0.25) is 0 Å². The Morgan fingerprint density at radius 2 is 1.86 bits per heavy atom. The summed E-state index contributed by atoms with van der Waals surface area (Å²) >= 11 is 0. The topological polar surface area (TPSA) is 149 Å². The standard InChI is InChI=1S/C26H29N5O5S/c32-15-19(33)13-30-37(34,35)21-10-8-18(9-11-21)24-22(17-5-2-1-3-6-17)23-25(28-16-29-26(23)31-24)27-14-20-7-4-12-36-20/h1-3,5-6,8-11,16,19-20,30,32-33H,4,7,12-15H2,(H2,27,28,29,31)/t19?,20-/m0/s1. The fourth-order valence-corrected chi connectivity index (χ4v) is 5.51. The fraction of sp³-hybridized carbons (Fsp3) is 0.308. The van der Waals surface area contributed by atoms with Gasteiger partial charge in [-0.25, -0.2) is 23.1 Å². The van der Waals surface area contributed by atoms with Crippen molar-refractivity contribution in [1.82, 2.24) is 19.7 Å². The number of rotatable bonds is 10. The third kappa shape index (κ3) is 5.50. The average molecular weight is 524 g/mol. The van der Waals surface area contributed by atoms with Crippen LogP contribution in [0.1, 0.15) is 12.8 Å². The lowest BCUT2D eigenvalue weighted by Gasteiger charge is -2.13. The molecule has 5 N–H and O–H groups in total. The van der Waals surface area contributed by atoms with Crippen molar-refractivity contribution >= 4 is 26.9 Å². The number of H-pyrrole nitrogens is 1. The molecule has 1 unspecified atom stereocenters. The summed E-state index contributed by atoms with van der Waals surface area (Å²) in [4.78, 5) is 12.5. The van der Waals surface area contributed by atoms with Crippen molar-refractivity contribution in [2.75, 3.05) is 31.6 Å². The molecule has 0 aliphatic carbocycles. The molecule has 2 aromatic heterocycles. The fourth-order valence-electron chi connectivity index (χ4n) is 4.44. The summed E-state index contributed by atoms with van der Waals surface area (Å²) in [5.41, 5.74) is 4.10. The smallest absolute Gasteiger partial charge is 0.240 e. The highest BCUT2D eigenvalue weighted by atomic mass is 32.2. The van der Waals surface area contributed by atoms with Gasteiger partial charge in [0.25, 0.3) is 0 Å². The van der Waals surface area contributed by atoms with E-state index < -0.39 is 22.7 Å². The summed E-state index contributed by atoms with van der Waals surface area (Å²) in [6, 6.07) is 16.4. The number of aliphatic hydroxyl groups is 2. The van der Waals surface area contributed by atoms with Gasteiger partial charge in [0.15, 0.2) is 0 Å². The maximum atomic E-state index is 12.6. The molecule has 1 fully saturated rings. The highest BCUT2D eigenvalue weighted by Crippen LogP contribution is 2.40. The zero-order chi connectivity index (χ0) is 25.8. The van der Waals surface area contributed by atoms with Gasteiger partial charge in [0.05, 0.1) is 34.8 Å². The highest BCUT2D eigenvalue weighted by Gasteiger charge is 2.22. The van der Waals surface area contributed by atoms with Gasteiger partial charge in [0.2, 0.25) is 10.0 Å². The number of nitrogens with one attached hydrogen (secondary N) is 3. The van der Waals surface area contributed by atoms with E-state index in [1.165, 1.54) is 18.5 Å². The Bertz CT molecular complexity index is 1450. The molecule has 1 aliphatic heterocycles. The predicted octanol–water partition coefficient (Wildman–Crippen LogP) is 2.51. The predicted molar refractivity (Wildman–Crippen MR) is 141 cm³/mol. The second-order valence-corrected chi connectivity index (χ2v) is 10.7. The molecule has 194 valence electrons. The molecule has 0 amide bonds. The summed E-state index contributed by atoms with van der Waals surface area (Å²) in [7, 11) is -3.85. The molecule has 0 saturated carbocycles. The van der Waals surface area contributed by atoms with Gasteiger partial charge < -0.3 is 25.3 Å². The first-order valence-corrected chi connectivity index (χ1v) is 13.6. The van der Waals surface area contributed by atoms with Crippen LogP contribution in [0, 0.1) is 0 Å². The largest absolute Gasteiger partial charge is 0.394 e. The van der Waals surface area contributed by atoms with Crippen molar-refractivity contribution in [1.29, 1.82) is 0 Å². The lowest BCUT2D eigenvalue weighted by Crippen LogP contribution is -2.33. The molecule has 3 heterocycles. The number of ether oxygens (including phenoxy) is 1. The Kier molecular flexibility index (Phi) is 7.49. The summed E-state index contributed by atoms with van der Waals surface area (Å²) in [5.74, 6) is 0.702. The van der Waals surface area contributed by atoms with E-state index in [2.05, 4.69) is 25.0 Å². The van der Waals surface area contributed by atoms with E-state index in [-0.39, 0.29) is 17.5 Å². The number of aliphatic hydroxyl groups excluding tert-OH is 2. The molecule has 0 bridgehead atoms. The van der Waals surface area contributed by atoms with Crippen LogP contribution in [0.2, 0.25) is 0 Å². The monoisotopic (exact) mass is 523 g/mol. The number of sulfonamides is 1. The Labute approximate surface area is 214 Å². The van der Waals surface area contributed by atoms with E-state index in [0.29, 0.717) is 18.0 Å². The van der Waals surface area contributed by atoms with Crippen molar-refractivity contribution in [2.45, 2.75) is 29.9 Å². The first-order chi connectivity index (χ1) is 18.0. The molecular weight excluding hydrogens is 494 g/mol. The SMILES string of the molecule is O=S(=O)(NCC(O)CO)c1ccc(-c2[nH]c3ncnc(NC[C@@H]4CCCO4)c3c2-c2ccccc2)cc1. The number of aromatic nitrogens is 3. The number of nitrogens with zero attached hydrogens (tertiary/aromatic N) is 2. The molecular formula is C26H29N5O5S. The Morgan fingerprint density at radius 3 is 2.57 bits per heavy atom. The molecule has 2 aromatic carbocycles. The second-order valence-electron chi connectivity index (χ2n) is 8.92. The van der Waals surface area contributed by atoms with Gasteiger partial charge in [0.1, 0.15) is 17.8 Å².